The Labute approximate surface area is 118 Å². The molecule has 1 unspecified atom stereocenters. The van der Waals surface area contributed by atoms with E-state index in [0.29, 0.717) is 16.3 Å². The average molecular weight is 273 g/mol. The SMILES string of the molecule is CCC1CNC(CC)(CC)CN1CC(C)(C)SC. The first-order valence-corrected chi connectivity index (χ1v) is 8.68. The van der Waals surface area contributed by atoms with Crippen LogP contribution in [0.1, 0.15) is 53.9 Å². The number of hydrogen-bond acceptors (Lipinski definition) is 3. The van der Waals surface area contributed by atoms with Crippen LogP contribution in [-0.4, -0.2) is 47.1 Å². The van der Waals surface area contributed by atoms with Crippen LogP contribution < -0.4 is 5.32 Å². The Morgan fingerprint density at radius 1 is 1.28 bits per heavy atom. The maximum atomic E-state index is 3.82. The van der Waals surface area contributed by atoms with Gasteiger partial charge in [0.2, 0.25) is 0 Å². The predicted octanol–water partition coefficient (Wildman–Crippen LogP) is 3.37. The number of nitrogens with one attached hydrogen (secondary N) is 1. The highest BCUT2D eigenvalue weighted by Gasteiger charge is 2.37. The van der Waals surface area contributed by atoms with Crippen molar-refractivity contribution in [2.45, 2.75) is 70.2 Å². The van der Waals surface area contributed by atoms with Crippen molar-refractivity contribution in [3.8, 4) is 0 Å². The highest BCUT2D eigenvalue weighted by Crippen LogP contribution is 2.29. The molecule has 18 heavy (non-hydrogen) atoms. The molecule has 3 heteroatoms. The van der Waals surface area contributed by atoms with Crippen LogP contribution >= 0.6 is 11.8 Å². The molecular weight excluding hydrogens is 240 g/mol. The van der Waals surface area contributed by atoms with Gasteiger partial charge in [-0.15, -0.1) is 0 Å². The summed E-state index contributed by atoms with van der Waals surface area (Å²) in [6.07, 6.45) is 5.95. The van der Waals surface area contributed by atoms with Gasteiger partial charge in [-0.3, -0.25) is 4.90 Å². The van der Waals surface area contributed by atoms with Gasteiger partial charge in [0, 0.05) is 36.0 Å². The van der Waals surface area contributed by atoms with E-state index in [1.54, 1.807) is 0 Å². The van der Waals surface area contributed by atoms with E-state index < -0.39 is 0 Å². The summed E-state index contributed by atoms with van der Waals surface area (Å²) in [4.78, 5) is 2.74. The molecule has 0 aromatic carbocycles. The zero-order valence-electron chi connectivity index (χ0n) is 13.2. The van der Waals surface area contributed by atoms with E-state index >= 15 is 0 Å². The van der Waals surface area contributed by atoms with Crippen molar-refractivity contribution < 1.29 is 0 Å². The Hall–Kier alpha value is 0.270. The van der Waals surface area contributed by atoms with Gasteiger partial charge in [0.1, 0.15) is 0 Å². The average Bonchev–Trinajstić information content (AvgIpc) is 2.38. The molecule has 0 aromatic rings. The Morgan fingerprint density at radius 2 is 1.89 bits per heavy atom. The number of rotatable bonds is 6. The number of piperazine rings is 1. The van der Waals surface area contributed by atoms with E-state index in [0.717, 1.165) is 6.54 Å². The second-order valence-corrected chi connectivity index (χ2v) is 7.81. The topological polar surface area (TPSA) is 15.3 Å². The maximum Gasteiger partial charge on any atom is 0.0304 e. The van der Waals surface area contributed by atoms with E-state index in [2.05, 4.69) is 51.1 Å². The van der Waals surface area contributed by atoms with Crippen molar-refractivity contribution in [2.75, 3.05) is 25.9 Å². The molecule has 0 saturated carbocycles. The lowest BCUT2D eigenvalue weighted by atomic mass is 9.87. The van der Waals surface area contributed by atoms with Gasteiger partial charge >= 0.3 is 0 Å². The van der Waals surface area contributed by atoms with E-state index in [1.807, 2.05) is 11.8 Å². The van der Waals surface area contributed by atoms with Crippen molar-refractivity contribution in [1.82, 2.24) is 10.2 Å². The first kappa shape index (κ1) is 16.3. The van der Waals surface area contributed by atoms with Gasteiger partial charge in [-0.25, -0.2) is 0 Å². The van der Waals surface area contributed by atoms with Crippen LogP contribution in [0.3, 0.4) is 0 Å². The van der Waals surface area contributed by atoms with Crippen molar-refractivity contribution >= 4 is 11.8 Å². The lowest BCUT2D eigenvalue weighted by Crippen LogP contribution is -2.65. The highest BCUT2D eigenvalue weighted by molar-refractivity contribution is 7.99. The molecule has 1 rings (SSSR count). The molecule has 0 bridgehead atoms. The number of hydrogen-bond donors (Lipinski definition) is 1. The molecule has 0 radical (unpaired) electrons. The zero-order chi connectivity index (χ0) is 13.8. The van der Waals surface area contributed by atoms with Gasteiger partial charge < -0.3 is 5.32 Å². The van der Waals surface area contributed by atoms with Crippen molar-refractivity contribution in [3.63, 3.8) is 0 Å². The normalized spacial score (nSPS) is 25.3. The van der Waals surface area contributed by atoms with Crippen LogP contribution in [0.25, 0.3) is 0 Å². The molecule has 0 aromatic heterocycles. The monoisotopic (exact) mass is 272 g/mol. The van der Waals surface area contributed by atoms with Crippen molar-refractivity contribution in [1.29, 1.82) is 0 Å². The quantitative estimate of drug-likeness (QED) is 0.798. The fraction of sp³-hybridized carbons (Fsp3) is 1.00. The fourth-order valence-electron chi connectivity index (χ4n) is 2.90. The van der Waals surface area contributed by atoms with E-state index in [1.165, 1.54) is 32.4 Å². The molecule has 1 atom stereocenters. The third kappa shape index (κ3) is 3.88. The molecule has 1 heterocycles. The largest absolute Gasteiger partial charge is 0.308 e. The van der Waals surface area contributed by atoms with Gasteiger partial charge in [-0.2, -0.15) is 11.8 Å². The van der Waals surface area contributed by atoms with Crippen LogP contribution in [0, 0.1) is 0 Å². The summed E-state index contributed by atoms with van der Waals surface area (Å²) in [5.41, 5.74) is 0.347. The molecule has 1 N–H and O–H groups in total. The molecule has 0 aliphatic carbocycles. The van der Waals surface area contributed by atoms with Gasteiger partial charge in [-0.1, -0.05) is 20.8 Å². The Morgan fingerprint density at radius 3 is 2.33 bits per heavy atom. The lowest BCUT2D eigenvalue weighted by Gasteiger charge is -2.49. The van der Waals surface area contributed by atoms with Gasteiger partial charge in [-0.05, 0) is 39.4 Å². The molecule has 0 spiro atoms. The summed E-state index contributed by atoms with van der Waals surface area (Å²) >= 11 is 1.99. The first-order chi connectivity index (χ1) is 8.42. The van der Waals surface area contributed by atoms with Crippen molar-refractivity contribution in [2.24, 2.45) is 0 Å². The minimum Gasteiger partial charge on any atom is -0.308 e. The predicted molar refractivity (Wildman–Crippen MR) is 84.6 cm³/mol. The van der Waals surface area contributed by atoms with Crippen molar-refractivity contribution in [3.05, 3.63) is 0 Å². The highest BCUT2D eigenvalue weighted by atomic mass is 32.2. The lowest BCUT2D eigenvalue weighted by molar-refractivity contribution is 0.0651. The third-order valence-electron chi connectivity index (χ3n) is 4.70. The smallest absolute Gasteiger partial charge is 0.0304 e. The standard InChI is InChI=1S/C15H32N2S/c1-7-13-10-16-15(8-2,9-3)12-17(13)11-14(4,5)18-6/h13,16H,7-12H2,1-6H3. The van der Waals surface area contributed by atoms with Crippen LogP contribution in [0.2, 0.25) is 0 Å². The van der Waals surface area contributed by atoms with Gasteiger partial charge in [0.15, 0.2) is 0 Å². The molecule has 1 aliphatic rings. The molecule has 1 fully saturated rings. The molecule has 2 nitrogen and oxygen atoms in total. The number of thioether (sulfide) groups is 1. The summed E-state index contributed by atoms with van der Waals surface area (Å²) in [7, 11) is 0. The number of nitrogens with zero attached hydrogens (tertiary/aromatic N) is 1. The van der Waals surface area contributed by atoms with Crippen LogP contribution in [0.4, 0.5) is 0 Å². The van der Waals surface area contributed by atoms with E-state index in [-0.39, 0.29) is 0 Å². The second-order valence-electron chi connectivity index (χ2n) is 6.30. The Bertz CT molecular complexity index is 249. The summed E-state index contributed by atoms with van der Waals surface area (Å²) in [6.45, 7) is 15.3. The van der Waals surface area contributed by atoms with Gasteiger partial charge in [0.05, 0.1) is 0 Å². The first-order valence-electron chi connectivity index (χ1n) is 7.46. The van der Waals surface area contributed by atoms with E-state index in [4.69, 9.17) is 0 Å². The third-order valence-corrected chi connectivity index (χ3v) is 5.93. The zero-order valence-corrected chi connectivity index (χ0v) is 14.0. The molecular formula is C15H32N2S. The Balaban J connectivity index is 2.76. The second kappa shape index (κ2) is 6.62. The minimum absolute atomic E-state index is 0.347. The summed E-state index contributed by atoms with van der Waals surface area (Å²) in [6, 6.07) is 0.711. The summed E-state index contributed by atoms with van der Waals surface area (Å²) in [5, 5.41) is 3.82. The van der Waals surface area contributed by atoms with Crippen LogP contribution in [-0.2, 0) is 0 Å². The molecule has 1 aliphatic heterocycles. The van der Waals surface area contributed by atoms with E-state index in [9.17, 15) is 0 Å². The van der Waals surface area contributed by atoms with Gasteiger partial charge in [0.25, 0.3) is 0 Å². The summed E-state index contributed by atoms with van der Waals surface area (Å²) in [5.74, 6) is 0. The fourth-order valence-corrected chi connectivity index (χ4v) is 3.20. The molecule has 108 valence electrons. The van der Waals surface area contributed by atoms with Crippen LogP contribution in [0.15, 0.2) is 0 Å². The summed E-state index contributed by atoms with van der Waals surface area (Å²) < 4.78 is 0.359. The Kier molecular flexibility index (Phi) is 6.01. The molecule has 0 amide bonds. The molecule has 1 saturated heterocycles. The minimum atomic E-state index is 0.347. The maximum absolute atomic E-state index is 3.82. The van der Waals surface area contributed by atoms with Crippen LogP contribution in [0.5, 0.6) is 0 Å².